The van der Waals surface area contributed by atoms with Gasteiger partial charge in [0.15, 0.2) is 0 Å². The van der Waals surface area contributed by atoms with Gasteiger partial charge in [-0.15, -0.1) is 0 Å². The van der Waals surface area contributed by atoms with E-state index in [9.17, 15) is 4.39 Å². The first kappa shape index (κ1) is 24.4. The molecule has 0 aromatic heterocycles. The van der Waals surface area contributed by atoms with Crippen LogP contribution in [0.2, 0.25) is 5.02 Å². The summed E-state index contributed by atoms with van der Waals surface area (Å²) in [7, 11) is 5.82. The molecule has 0 saturated heterocycles. The van der Waals surface area contributed by atoms with E-state index < -0.39 is 5.82 Å². The zero-order valence-corrected chi connectivity index (χ0v) is 19.1. The molecule has 0 spiro atoms. The Bertz CT molecular complexity index is 1020. The Morgan fingerprint density at radius 1 is 1.42 bits per heavy atom. The minimum absolute atomic E-state index is 0.0624. The molecule has 1 unspecified atom stereocenters. The Kier molecular flexibility index (Phi) is 9.01. The van der Waals surface area contributed by atoms with Crippen molar-refractivity contribution >= 4 is 30.3 Å². The van der Waals surface area contributed by atoms with Crippen molar-refractivity contribution < 1.29 is 4.39 Å². The van der Waals surface area contributed by atoms with E-state index in [-0.39, 0.29) is 11.1 Å². The second kappa shape index (κ2) is 11.5. The van der Waals surface area contributed by atoms with E-state index in [1.54, 1.807) is 18.3 Å². The summed E-state index contributed by atoms with van der Waals surface area (Å²) in [4.78, 5) is 6.80. The fourth-order valence-corrected chi connectivity index (χ4v) is 3.33. The Balaban J connectivity index is 2.40. The number of nitrogens with zero attached hydrogens (tertiary/aromatic N) is 2. The summed E-state index contributed by atoms with van der Waals surface area (Å²) in [5.74, 6) is -0.423. The maximum atomic E-state index is 14.0. The monoisotopic (exact) mass is 435 g/mol. The number of halogens is 2. The zero-order valence-electron chi connectivity index (χ0n) is 18.3. The molecule has 1 aliphatic heterocycles. The Morgan fingerprint density at radius 3 is 2.71 bits per heavy atom. The third-order valence-corrected chi connectivity index (χ3v) is 5.07. The molecule has 0 bridgehead atoms. The van der Waals surface area contributed by atoms with Gasteiger partial charge in [0.05, 0.1) is 5.02 Å². The Hall–Kier alpha value is -2.92. The fourth-order valence-electron chi connectivity index (χ4n) is 3.21. The van der Waals surface area contributed by atoms with Gasteiger partial charge in [0.25, 0.3) is 0 Å². The summed E-state index contributed by atoms with van der Waals surface area (Å²) in [5.41, 5.74) is 4.88. The summed E-state index contributed by atoms with van der Waals surface area (Å²) < 4.78 is 14.0. The number of benzene rings is 1. The molecule has 0 aliphatic carbocycles. The molecule has 1 aromatic carbocycles. The van der Waals surface area contributed by atoms with Gasteiger partial charge in [-0.2, -0.15) is 0 Å². The second-order valence-corrected chi connectivity index (χ2v) is 7.51. The fraction of sp³-hybridized carbons (Fsp3) is 0.200. The summed E-state index contributed by atoms with van der Waals surface area (Å²) in [5, 5.41) is 3.12. The number of rotatable bonds is 9. The molecular formula is C25H28BClFN3. The van der Waals surface area contributed by atoms with Gasteiger partial charge in [-0.3, -0.25) is 0 Å². The zero-order chi connectivity index (χ0) is 23.0. The molecule has 1 N–H and O–H groups in total. The van der Waals surface area contributed by atoms with Crippen molar-refractivity contribution in [3.05, 3.63) is 108 Å². The van der Waals surface area contributed by atoms with Crippen LogP contribution in [0, 0.1) is 5.82 Å². The van der Waals surface area contributed by atoms with Crippen molar-refractivity contribution in [3.8, 4) is 0 Å². The second-order valence-electron chi connectivity index (χ2n) is 7.10. The minimum atomic E-state index is -0.423. The topological polar surface area (TPSA) is 27.6 Å². The number of aliphatic imine (C=N–C) groups is 1. The molecule has 3 nitrogen and oxygen atoms in total. The SMILES string of the molecule is B=C(C)C(=C\NC)/N=C(\C=C/C=C)C1=CC(=C)N(C(CC)c2ccc(Cl)c(F)c2)C=C1. The van der Waals surface area contributed by atoms with Gasteiger partial charge in [0.2, 0.25) is 0 Å². The molecule has 160 valence electrons. The van der Waals surface area contributed by atoms with Crippen molar-refractivity contribution in [1.82, 2.24) is 10.2 Å². The van der Waals surface area contributed by atoms with Crippen LogP contribution in [0.15, 0.2) is 96.1 Å². The average molecular weight is 436 g/mol. The molecule has 1 aliphatic rings. The van der Waals surface area contributed by atoms with Crippen molar-refractivity contribution in [1.29, 1.82) is 0 Å². The summed E-state index contributed by atoms with van der Waals surface area (Å²) in [6.45, 7) is 11.9. The van der Waals surface area contributed by atoms with Gasteiger partial charge in [0.1, 0.15) is 0 Å². The molecule has 31 heavy (non-hydrogen) atoms. The first-order valence-electron chi connectivity index (χ1n) is 10.1. The van der Waals surface area contributed by atoms with E-state index in [0.717, 1.165) is 40.1 Å². The van der Waals surface area contributed by atoms with E-state index in [1.807, 2.05) is 55.4 Å². The summed E-state index contributed by atoms with van der Waals surface area (Å²) in [6, 6.07) is 4.86. The summed E-state index contributed by atoms with van der Waals surface area (Å²) in [6.07, 6.45) is 13.9. The molecule has 0 saturated carbocycles. The molecule has 1 heterocycles. The van der Waals surface area contributed by atoms with Crippen molar-refractivity contribution in [2.24, 2.45) is 4.99 Å². The van der Waals surface area contributed by atoms with Crippen LogP contribution < -0.4 is 5.32 Å². The van der Waals surface area contributed by atoms with Crippen molar-refractivity contribution in [3.63, 3.8) is 0 Å². The number of hydrogen-bond donors (Lipinski definition) is 1. The first-order chi connectivity index (χ1) is 14.8. The van der Waals surface area contributed by atoms with Crippen LogP contribution in [0.1, 0.15) is 31.9 Å². The molecular weight excluding hydrogens is 408 g/mol. The predicted molar refractivity (Wildman–Crippen MR) is 134 cm³/mol. The van der Waals surface area contributed by atoms with Crippen LogP contribution in [-0.4, -0.2) is 30.6 Å². The quantitative estimate of drug-likeness (QED) is 0.313. The van der Waals surface area contributed by atoms with Crippen LogP contribution in [-0.2, 0) is 0 Å². The maximum absolute atomic E-state index is 14.0. The third-order valence-electron chi connectivity index (χ3n) is 4.76. The molecule has 1 aromatic rings. The molecule has 0 radical (unpaired) electrons. The van der Waals surface area contributed by atoms with Crippen LogP contribution in [0.25, 0.3) is 0 Å². The molecule has 0 fully saturated rings. The molecule has 0 amide bonds. The predicted octanol–water partition coefficient (Wildman–Crippen LogP) is 5.54. The van der Waals surface area contributed by atoms with Gasteiger partial charge in [0, 0.05) is 0 Å². The van der Waals surface area contributed by atoms with E-state index in [1.165, 1.54) is 6.07 Å². The van der Waals surface area contributed by atoms with E-state index in [0.29, 0.717) is 0 Å². The van der Waals surface area contributed by atoms with Gasteiger partial charge in [-0.25, -0.2) is 4.39 Å². The Morgan fingerprint density at radius 2 is 2.16 bits per heavy atom. The van der Waals surface area contributed by atoms with E-state index in [2.05, 4.69) is 32.9 Å². The van der Waals surface area contributed by atoms with Gasteiger partial charge in [-0.05, 0) is 0 Å². The van der Waals surface area contributed by atoms with Crippen LogP contribution in [0.4, 0.5) is 4.39 Å². The summed E-state index contributed by atoms with van der Waals surface area (Å²) >= 11 is 5.85. The van der Waals surface area contributed by atoms with Gasteiger partial charge >= 0.3 is 170 Å². The van der Waals surface area contributed by atoms with Crippen LogP contribution in [0.3, 0.4) is 0 Å². The molecule has 2 rings (SSSR count). The molecule has 1 atom stereocenters. The van der Waals surface area contributed by atoms with E-state index in [4.69, 9.17) is 16.6 Å². The Labute approximate surface area is 190 Å². The number of nitrogens with one attached hydrogen (secondary N) is 1. The number of allylic oxidation sites excluding steroid dienone is 7. The van der Waals surface area contributed by atoms with Crippen molar-refractivity contribution in [2.75, 3.05) is 7.05 Å². The normalized spacial score (nSPS) is 15.8. The van der Waals surface area contributed by atoms with Crippen LogP contribution in [0.5, 0.6) is 0 Å². The van der Waals surface area contributed by atoms with Crippen LogP contribution >= 0.6 is 11.6 Å². The standard InChI is InChI=1S/C25H28BClFN3/c1-6-8-9-23(30-24(16-29-5)18(4)26)19-12-13-31(17(3)14-19)25(7-2)20-10-11-21(27)22(28)15-20/h6,8-16,25-26,29H,1,3,7H2,2,4-5H3/b9-8-,24-16+,30-23+. The van der Waals surface area contributed by atoms with E-state index >= 15 is 0 Å². The average Bonchev–Trinajstić information content (AvgIpc) is 2.74. The molecule has 6 heteroatoms. The van der Waals surface area contributed by atoms with Gasteiger partial charge in [-0.1, -0.05) is 11.6 Å². The third kappa shape index (κ3) is 6.28. The van der Waals surface area contributed by atoms with Gasteiger partial charge < -0.3 is 0 Å². The number of hydrogen-bond acceptors (Lipinski definition) is 3. The first-order valence-corrected chi connectivity index (χ1v) is 10.4. The van der Waals surface area contributed by atoms with Crippen molar-refractivity contribution in [2.45, 2.75) is 26.3 Å².